The summed E-state index contributed by atoms with van der Waals surface area (Å²) >= 11 is 0. The summed E-state index contributed by atoms with van der Waals surface area (Å²) in [6, 6.07) is 0. The van der Waals surface area contributed by atoms with Crippen molar-refractivity contribution in [2.45, 2.75) is 433 Å². The minimum absolute atomic E-state index is 0.104. The lowest BCUT2D eigenvalue weighted by atomic mass is 9.99. The summed E-state index contributed by atoms with van der Waals surface area (Å²) in [5, 5.41) is 10.6. The molecule has 7 atom stereocenters. The highest BCUT2D eigenvalue weighted by Crippen LogP contribution is 2.45. The molecule has 588 valence electrons. The number of carbonyl (C=O) groups is 4. The lowest BCUT2D eigenvalue weighted by Crippen LogP contribution is -2.30. The van der Waals surface area contributed by atoms with Crippen molar-refractivity contribution >= 4 is 39.5 Å². The Labute approximate surface area is 607 Å². The Hall–Kier alpha value is -1.94. The van der Waals surface area contributed by atoms with Crippen molar-refractivity contribution in [3.05, 3.63) is 0 Å². The average molecular weight is 1450 g/mol. The summed E-state index contributed by atoms with van der Waals surface area (Å²) in [5.74, 6) is 0.253. The normalized spacial score (nSPS) is 14.5. The SMILES string of the molecule is CCCCCCCCCCCCCCCCC(=O)OC[C@H](COP(=O)(O)OC[C@@H](O)COP(=O)(O)OC[C@@H](COC(=O)CCCCCCCCCCC(C)C)OC(=O)CCCCCCCCCCC(C)CC)OC(=O)CCCCCCCCCCCCCCCCCCCCC(C)CC. The number of phosphoric ester groups is 2. The highest BCUT2D eigenvalue weighted by Gasteiger charge is 2.30. The molecule has 0 radical (unpaired) electrons. The van der Waals surface area contributed by atoms with Crippen LogP contribution in [0.1, 0.15) is 414 Å². The van der Waals surface area contributed by atoms with Crippen LogP contribution in [0.25, 0.3) is 0 Å². The Kier molecular flexibility index (Phi) is 69.0. The van der Waals surface area contributed by atoms with E-state index in [1.54, 1.807) is 0 Å². The molecule has 0 fully saturated rings. The largest absolute Gasteiger partial charge is 0.472 e. The van der Waals surface area contributed by atoms with Gasteiger partial charge in [-0.05, 0) is 43.4 Å². The zero-order valence-electron chi connectivity index (χ0n) is 65.0. The predicted molar refractivity (Wildman–Crippen MR) is 405 cm³/mol. The fourth-order valence-corrected chi connectivity index (χ4v) is 13.8. The van der Waals surface area contributed by atoms with Crippen LogP contribution in [-0.2, 0) is 65.4 Å². The van der Waals surface area contributed by atoms with Crippen LogP contribution >= 0.6 is 15.6 Å². The summed E-state index contributed by atoms with van der Waals surface area (Å²) < 4.78 is 68.6. The van der Waals surface area contributed by atoms with E-state index in [1.165, 1.54) is 225 Å². The fourth-order valence-electron chi connectivity index (χ4n) is 12.2. The van der Waals surface area contributed by atoms with E-state index in [0.29, 0.717) is 25.7 Å². The Morgan fingerprint density at radius 3 is 0.768 bits per heavy atom. The molecule has 17 nitrogen and oxygen atoms in total. The first-order chi connectivity index (χ1) is 47.8. The summed E-state index contributed by atoms with van der Waals surface area (Å²) in [6.07, 6.45) is 58.3. The second kappa shape index (κ2) is 70.4. The van der Waals surface area contributed by atoms with Crippen LogP contribution in [0.15, 0.2) is 0 Å². The number of phosphoric acid groups is 2. The van der Waals surface area contributed by atoms with E-state index in [0.717, 1.165) is 108 Å². The summed E-state index contributed by atoms with van der Waals surface area (Å²) in [4.78, 5) is 72.9. The number of rotatable bonds is 78. The zero-order valence-corrected chi connectivity index (χ0v) is 66.8. The van der Waals surface area contributed by atoms with Gasteiger partial charge in [-0.1, -0.05) is 363 Å². The van der Waals surface area contributed by atoms with Crippen LogP contribution in [0, 0.1) is 17.8 Å². The second-order valence-electron chi connectivity index (χ2n) is 29.8. The third-order valence-corrected chi connectivity index (χ3v) is 21.3. The molecule has 0 aliphatic heterocycles. The van der Waals surface area contributed by atoms with Gasteiger partial charge in [0.25, 0.3) is 0 Å². The van der Waals surface area contributed by atoms with E-state index in [-0.39, 0.29) is 25.7 Å². The number of ether oxygens (including phenoxy) is 4. The van der Waals surface area contributed by atoms with Crippen molar-refractivity contribution in [3.63, 3.8) is 0 Å². The molecule has 4 unspecified atom stereocenters. The number of unbranched alkanes of at least 4 members (excludes halogenated alkanes) is 44. The van der Waals surface area contributed by atoms with Gasteiger partial charge in [0.15, 0.2) is 12.2 Å². The van der Waals surface area contributed by atoms with E-state index < -0.39 is 97.5 Å². The Morgan fingerprint density at radius 1 is 0.293 bits per heavy atom. The first-order valence-electron chi connectivity index (χ1n) is 41.4. The molecule has 99 heavy (non-hydrogen) atoms. The van der Waals surface area contributed by atoms with Gasteiger partial charge in [-0.3, -0.25) is 37.3 Å². The molecule has 0 aliphatic carbocycles. The molecule has 0 aliphatic rings. The zero-order chi connectivity index (χ0) is 73.0. The molecule has 0 aromatic heterocycles. The summed E-state index contributed by atoms with van der Waals surface area (Å²) in [7, 11) is -9.92. The number of aliphatic hydroxyl groups excluding tert-OH is 1. The van der Waals surface area contributed by atoms with Crippen molar-refractivity contribution in [2.24, 2.45) is 17.8 Å². The minimum Gasteiger partial charge on any atom is -0.462 e. The molecule has 0 saturated carbocycles. The third kappa shape index (κ3) is 71.5. The third-order valence-electron chi connectivity index (χ3n) is 19.4. The highest BCUT2D eigenvalue weighted by molar-refractivity contribution is 7.47. The van der Waals surface area contributed by atoms with Crippen LogP contribution in [0.3, 0.4) is 0 Å². The first kappa shape index (κ1) is 97.1. The van der Waals surface area contributed by atoms with Crippen LogP contribution in [-0.4, -0.2) is 96.7 Å². The number of hydrogen-bond donors (Lipinski definition) is 3. The Balaban J connectivity index is 5.21. The molecular formula is C80H156O17P2. The monoisotopic (exact) mass is 1450 g/mol. The van der Waals surface area contributed by atoms with E-state index in [4.69, 9.17) is 37.0 Å². The van der Waals surface area contributed by atoms with Gasteiger partial charge in [0, 0.05) is 25.7 Å². The summed E-state index contributed by atoms with van der Waals surface area (Å²) in [6.45, 7) is 12.0. The fraction of sp³-hybridized carbons (Fsp3) is 0.950. The van der Waals surface area contributed by atoms with Gasteiger partial charge < -0.3 is 33.8 Å². The molecular weight excluding hydrogens is 1290 g/mol. The van der Waals surface area contributed by atoms with Crippen molar-refractivity contribution in [2.75, 3.05) is 39.6 Å². The Morgan fingerprint density at radius 2 is 0.515 bits per heavy atom. The molecule has 0 spiro atoms. The molecule has 19 heteroatoms. The van der Waals surface area contributed by atoms with Crippen molar-refractivity contribution in [1.29, 1.82) is 0 Å². The van der Waals surface area contributed by atoms with E-state index in [1.807, 2.05) is 0 Å². The van der Waals surface area contributed by atoms with Crippen LogP contribution in [0.2, 0.25) is 0 Å². The topological polar surface area (TPSA) is 237 Å². The van der Waals surface area contributed by atoms with Crippen molar-refractivity contribution < 1.29 is 80.2 Å². The van der Waals surface area contributed by atoms with Crippen molar-refractivity contribution in [3.8, 4) is 0 Å². The molecule has 3 N–H and O–H groups in total. The molecule has 0 saturated heterocycles. The number of carbonyl (C=O) groups excluding carboxylic acids is 4. The van der Waals surface area contributed by atoms with E-state index in [2.05, 4.69) is 48.5 Å². The summed E-state index contributed by atoms with van der Waals surface area (Å²) in [5.41, 5.74) is 0. The van der Waals surface area contributed by atoms with Gasteiger partial charge in [0.2, 0.25) is 0 Å². The minimum atomic E-state index is -4.96. The van der Waals surface area contributed by atoms with Crippen LogP contribution < -0.4 is 0 Å². The Bertz CT molecular complexity index is 1930. The first-order valence-corrected chi connectivity index (χ1v) is 44.4. The maximum absolute atomic E-state index is 13.1. The second-order valence-corrected chi connectivity index (χ2v) is 32.7. The average Bonchev–Trinajstić information content (AvgIpc) is 1.16. The standard InChI is InChI=1S/C80H156O17P2/c1-8-11-12-13-14-15-16-17-25-28-31-40-47-54-61-77(82)90-67-75(96-79(84)63-56-49-42-32-29-26-23-21-19-18-20-22-24-27-30-38-45-52-59-72(6)9-2)69-94-98(86,87)92-65-74(81)66-93-99(88,89)95-70-76(68-91-78(83)62-55-48-41-35-33-37-44-51-58-71(4)5)97-80(85)64-57-50-43-36-34-39-46-53-60-73(7)10-3/h71-76,81H,8-70H2,1-7H3,(H,86,87)(H,88,89)/t72?,73?,74-,75-,76-/m1/s1. The molecule has 0 bridgehead atoms. The van der Waals surface area contributed by atoms with Gasteiger partial charge >= 0.3 is 39.5 Å². The maximum atomic E-state index is 13.1. The molecule has 0 aromatic rings. The van der Waals surface area contributed by atoms with Gasteiger partial charge in [0.05, 0.1) is 26.4 Å². The maximum Gasteiger partial charge on any atom is 0.472 e. The van der Waals surface area contributed by atoms with Gasteiger partial charge in [0.1, 0.15) is 19.3 Å². The lowest BCUT2D eigenvalue weighted by molar-refractivity contribution is -0.161. The number of hydrogen-bond acceptors (Lipinski definition) is 15. The molecule has 0 heterocycles. The number of esters is 4. The lowest BCUT2D eigenvalue weighted by Gasteiger charge is -2.21. The molecule has 0 rings (SSSR count). The van der Waals surface area contributed by atoms with E-state index in [9.17, 15) is 43.2 Å². The smallest absolute Gasteiger partial charge is 0.462 e. The van der Waals surface area contributed by atoms with Crippen molar-refractivity contribution in [1.82, 2.24) is 0 Å². The number of aliphatic hydroxyl groups is 1. The van der Waals surface area contributed by atoms with Gasteiger partial charge in [-0.15, -0.1) is 0 Å². The highest BCUT2D eigenvalue weighted by atomic mass is 31.2. The van der Waals surface area contributed by atoms with Gasteiger partial charge in [-0.25, -0.2) is 9.13 Å². The quantitative estimate of drug-likeness (QED) is 0.0222. The molecule has 0 amide bonds. The molecule has 0 aromatic carbocycles. The van der Waals surface area contributed by atoms with Gasteiger partial charge in [-0.2, -0.15) is 0 Å². The van der Waals surface area contributed by atoms with Crippen LogP contribution in [0.4, 0.5) is 0 Å². The predicted octanol–water partition coefficient (Wildman–Crippen LogP) is 23.7. The van der Waals surface area contributed by atoms with E-state index >= 15 is 0 Å². The van der Waals surface area contributed by atoms with Crippen LogP contribution in [0.5, 0.6) is 0 Å².